The molecule has 2 atom stereocenters. The van der Waals surface area contributed by atoms with Crippen molar-refractivity contribution in [1.29, 1.82) is 0 Å². The van der Waals surface area contributed by atoms with E-state index >= 15 is 0 Å². The molecule has 0 unspecified atom stereocenters. The molecular weight excluding hydrogens is 394 g/mol. The molecule has 3 fully saturated rings. The minimum atomic E-state index is -1.16. The first-order chi connectivity index (χ1) is 14.7. The Labute approximate surface area is 183 Å². The minimum absolute atomic E-state index is 0.00850. The summed E-state index contributed by atoms with van der Waals surface area (Å²) < 4.78 is 0. The molecule has 4 amide bonds. The number of carbonyl (C=O) groups is 4. The van der Waals surface area contributed by atoms with Gasteiger partial charge in [0.15, 0.2) is 0 Å². The predicted molar refractivity (Wildman–Crippen MR) is 115 cm³/mol. The number of rotatable bonds is 7. The van der Waals surface area contributed by atoms with Gasteiger partial charge in [-0.15, -0.1) is 0 Å². The molecule has 2 saturated heterocycles. The standard InChI is InChI=1S/C24H31N3O4/c1-15(2)26(14-17-8-11-20(28)25-17)21(29)12-24(19-7-5-4-6-16(19)3)13-22(30)27(23(24)31)18-9-10-18/h4-7,15,17-18H,8-14H2,1-3H3,(H,25,28)/t17-,24+/m0/s1. The fourth-order valence-electron chi connectivity index (χ4n) is 5.03. The van der Waals surface area contributed by atoms with Gasteiger partial charge in [0, 0.05) is 43.9 Å². The third kappa shape index (κ3) is 3.98. The zero-order chi connectivity index (χ0) is 22.3. The number of likely N-dealkylation sites (tertiary alicyclic amines) is 1. The second kappa shape index (κ2) is 8.09. The Balaban J connectivity index is 1.65. The van der Waals surface area contributed by atoms with Crippen molar-refractivity contribution in [3.8, 4) is 0 Å². The fourth-order valence-corrected chi connectivity index (χ4v) is 5.03. The summed E-state index contributed by atoms with van der Waals surface area (Å²) >= 11 is 0. The maximum atomic E-state index is 13.7. The largest absolute Gasteiger partial charge is 0.352 e. The molecule has 3 aliphatic rings. The maximum Gasteiger partial charge on any atom is 0.241 e. The summed E-state index contributed by atoms with van der Waals surface area (Å²) in [5.41, 5.74) is 0.518. The lowest BCUT2D eigenvalue weighted by atomic mass is 9.73. The summed E-state index contributed by atoms with van der Waals surface area (Å²) in [6.45, 7) is 6.22. The molecule has 0 radical (unpaired) electrons. The van der Waals surface area contributed by atoms with Crippen LogP contribution in [0.4, 0.5) is 0 Å². The zero-order valence-electron chi connectivity index (χ0n) is 18.5. The van der Waals surface area contributed by atoms with E-state index < -0.39 is 5.41 Å². The molecule has 0 spiro atoms. The van der Waals surface area contributed by atoms with Gasteiger partial charge in [-0.2, -0.15) is 0 Å². The Morgan fingerprint density at radius 3 is 2.48 bits per heavy atom. The number of hydrogen-bond acceptors (Lipinski definition) is 4. The molecule has 4 rings (SSSR count). The first-order valence-corrected chi connectivity index (χ1v) is 11.2. The highest BCUT2D eigenvalue weighted by Gasteiger charge is 2.57. The van der Waals surface area contributed by atoms with E-state index in [0.29, 0.717) is 19.4 Å². The van der Waals surface area contributed by atoms with Gasteiger partial charge in [0.2, 0.25) is 23.6 Å². The maximum absolute atomic E-state index is 13.7. The minimum Gasteiger partial charge on any atom is -0.352 e. The number of imide groups is 1. The highest BCUT2D eigenvalue weighted by molar-refractivity contribution is 6.11. The van der Waals surface area contributed by atoms with Crippen LogP contribution in [0.1, 0.15) is 63.5 Å². The van der Waals surface area contributed by atoms with Gasteiger partial charge < -0.3 is 10.2 Å². The molecule has 0 aromatic heterocycles. The molecule has 1 N–H and O–H groups in total. The summed E-state index contributed by atoms with van der Waals surface area (Å²) in [4.78, 5) is 54.9. The molecule has 31 heavy (non-hydrogen) atoms. The Morgan fingerprint density at radius 2 is 1.90 bits per heavy atom. The Morgan fingerprint density at radius 1 is 1.19 bits per heavy atom. The quantitative estimate of drug-likeness (QED) is 0.678. The van der Waals surface area contributed by atoms with E-state index in [4.69, 9.17) is 0 Å². The van der Waals surface area contributed by atoms with Crippen molar-refractivity contribution in [1.82, 2.24) is 15.1 Å². The summed E-state index contributed by atoms with van der Waals surface area (Å²) in [5.74, 6) is -0.560. The third-order valence-corrected chi connectivity index (χ3v) is 6.82. The summed E-state index contributed by atoms with van der Waals surface area (Å²) in [6, 6.07) is 7.39. The van der Waals surface area contributed by atoms with E-state index in [1.54, 1.807) is 4.90 Å². The SMILES string of the molecule is Cc1ccccc1[C@@]1(CC(=O)N(C[C@@H]2CCC(=O)N2)C(C)C)CC(=O)N(C2CC2)C1=O. The average Bonchev–Trinajstić information content (AvgIpc) is 3.40. The van der Waals surface area contributed by atoms with Crippen molar-refractivity contribution >= 4 is 23.6 Å². The van der Waals surface area contributed by atoms with Crippen LogP contribution in [0, 0.1) is 6.92 Å². The zero-order valence-corrected chi connectivity index (χ0v) is 18.5. The van der Waals surface area contributed by atoms with Crippen LogP contribution < -0.4 is 5.32 Å². The van der Waals surface area contributed by atoms with Crippen LogP contribution >= 0.6 is 0 Å². The lowest BCUT2D eigenvalue weighted by Crippen LogP contribution is -2.49. The fraction of sp³-hybridized carbons (Fsp3) is 0.583. The lowest BCUT2D eigenvalue weighted by Gasteiger charge is -2.34. The Bertz CT molecular complexity index is 923. The molecule has 1 aliphatic carbocycles. The predicted octanol–water partition coefficient (Wildman–Crippen LogP) is 2.06. The van der Waals surface area contributed by atoms with Crippen molar-refractivity contribution < 1.29 is 19.2 Å². The van der Waals surface area contributed by atoms with E-state index in [2.05, 4.69) is 5.32 Å². The van der Waals surface area contributed by atoms with E-state index in [1.165, 1.54) is 4.90 Å². The number of aryl methyl sites for hydroxylation is 1. The molecule has 2 heterocycles. The monoisotopic (exact) mass is 425 g/mol. The first-order valence-electron chi connectivity index (χ1n) is 11.2. The normalized spacial score (nSPS) is 26.0. The molecule has 7 nitrogen and oxygen atoms in total. The van der Waals surface area contributed by atoms with Crippen LogP contribution in [0.3, 0.4) is 0 Å². The second-order valence-corrected chi connectivity index (χ2v) is 9.49. The molecule has 7 heteroatoms. The van der Waals surface area contributed by atoms with Gasteiger partial charge in [0.25, 0.3) is 0 Å². The summed E-state index contributed by atoms with van der Waals surface area (Å²) in [7, 11) is 0. The van der Waals surface area contributed by atoms with Gasteiger partial charge in [0.1, 0.15) is 0 Å². The Kier molecular flexibility index (Phi) is 5.62. The van der Waals surface area contributed by atoms with Crippen LogP contribution in [0.2, 0.25) is 0 Å². The lowest BCUT2D eigenvalue weighted by molar-refractivity contribution is -0.143. The van der Waals surface area contributed by atoms with Crippen LogP contribution in [0.5, 0.6) is 0 Å². The topological polar surface area (TPSA) is 86.8 Å². The number of nitrogens with zero attached hydrogens (tertiary/aromatic N) is 2. The van der Waals surface area contributed by atoms with Crippen LogP contribution in [0.15, 0.2) is 24.3 Å². The van der Waals surface area contributed by atoms with Crippen LogP contribution in [-0.4, -0.2) is 58.1 Å². The molecule has 2 aliphatic heterocycles. The number of benzene rings is 1. The van der Waals surface area contributed by atoms with Crippen molar-refractivity contribution in [3.63, 3.8) is 0 Å². The summed E-state index contributed by atoms with van der Waals surface area (Å²) in [5, 5.41) is 2.92. The second-order valence-electron chi connectivity index (χ2n) is 9.49. The van der Waals surface area contributed by atoms with Gasteiger partial charge >= 0.3 is 0 Å². The third-order valence-electron chi connectivity index (χ3n) is 6.82. The average molecular weight is 426 g/mol. The molecule has 166 valence electrons. The number of nitrogens with one attached hydrogen (secondary N) is 1. The number of amides is 4. The van der Waals surface area contributed by atoms with Gasteiger partial charge in [-0.05, 0) is 51.2 Å². The molecule has 1 aromatic carbocycles. The smallest absolute Gasteiger partial charge is 0.241 e. The summed E-state index contributed by atoms with van der Waals surface area (Å²) in [6.07, 6.45) is 2.85. The van der Waals surface area contributed by atoms with Gasteiger partial charge in [-0.25, -0.2) is 0 Å². The van der Waals surface area contributed by atoms with Crippen molar-refractivity contribution in [2.24, 2.45) is 0 Å². The van der Waals surface area contributed by atoms with E-state index in [-0.39, 0.29) is 54.6 Å². The van der Waals surface area contributed by atoms with Gasteiger partial charge in [-0.1, -0.05) is 24.3 Å². The van der Waals surface area contributed by atoms with Gasteiger partial charge in [0.05, 0.1) is 5.41 Å². The first kappa shape index (κ1) is 21.5. The molecule has 1 aromatic rings. The van der Waals surface area contributed by atoms with E-state index in [0.717, 1.165) is 24.0 Å². The van der Waals surface area contributed by atoms with E-state index in [9.17, 15) is 19.2 Å². The van der Waals surface area contributed by atoms with Crippen molar-refractivity contribution in [2.75, 3.05) is 6.54 Å². The van der Waals surface area contributed by atoms with Gasteiger partial charge in [-0.3, -0.25) is 24.1 Å². The highest BCUT2D eigenvalue weighted by atomic mass is 16.2. The van der Waals surface area contributed by atoms with E-state index in [1.807, 2.05) is 45.0 Å². The molecule has 1 saturated carbocycles. The highest BCUT2D eigenvalue weighted by Crippen LogP contribution is 2.45. The van der Waals surface area contributed by atoms with Crippen molar-refractivity contribution in [2.45, 2.75) is 82.8 Å². The molecular formula is C24H31N3O4. The number of hydrogen-bond donors (Lipinski definition) is 1. The molecule has 0 bridgehead atoms. The van der Waals surface area contributed by atoms with Crippen molar-refractivity contribution in [3.05, 3.63) is 35.4 Å². The van der Waals surface area contributed by atoms with Crippen LogP contribution in [-0.2, 0) is 24.6 Å². The number of carbonyl (C=O) groups excluding carboxylic acids is 4. The van der Waals surface area contributed by atoms with Crippen LogP contribution in [0.25, 0.3) is 0 Å². The Hall–Kier alpha value is -2.70.